The first-order valence-corrected chi connectivity index (χ1v) is 6.89. The quantitative estimate of drug-likeness (QED) is 0.800. The van der Waals surface area contributed by atoms with Gasteiger partial charge in [0.05, 0.1) is 11.9 Å². The molecule has 0 atom stereocenters. The highest BCUT2D eigenvalue weighted by Crippen LogP contribution is 2.18. The highest BCUT2D eigenvalue weighted by atomic mass is 32.1. The van der Waals surface area contributed by atoms with Gasteiger partial charge >= 0.3 is 0 Å². The number of carbonyl (C=O) groups is 1. The number of hydrogen-bond acceptors (Lipinski definition) is 5. The number of amides is 1. The van der Waals surface area contributed by atoms with Crippen molar-refractivity contribution in [3.05, 3.63) is 65.0 Å². The number of aromatic nitrogens is 2. The summed E-state index contributed by atoms with van der Waals surface area (Å²) < 4.78 is 4.78. The molecule has 0 unspecified atom stereocenters. The van der Waals surface area contributed by atoms with Crippen molar-refractivity contribution in [2.24, 2.45) is 0 Å². The minimum absolute atomic E-state index is 0.171. The molecule has 3 aromatic rings. The van der Waals surface area contributed by atoms with Crippen LogP contribution >= 0.6 is 11.3 Å². The fourth-order valence-corrected chi connectivity index (χ4v) is 2.45. The molecule has 6 heteroatoms. The van der Waals surface area contributed by atoms with Crippen LogP contribution in [0.3, 0.4) is 0 Å². The van der Waals surface area contributed by atoms with E-state index in [4.69, 9.17) is 4.52 Å². The number of anilines is 1. The van der Waals surface area contributed by atoms with Crippen molar-refractivity contribution >= 4 is 22.4 Å². The largest absolute Gasteiger partial charge is 0.351 e. The van der Waals surface area contributed by atoms with Crippen molar-refractivity contribution < 1.29 is 9.32 Å². The SMILES string of the molecule is O=C(Nc1nc(Cc2ccccc2)cs1)c1ccno1. The molecule has 0 fully saturated rings. The summed E-state index contributed by atoms with van der Waals surface area (Å²) in [5.41, 5.74) is 2.11. The summed E-state index contributed by atoms with van der Waals surface area (Å²) in [6.07, 6.45) is 2.17. The summed E-state index contributed by atoms with van der Waals surface area (Å²) in [7, 11) is 0. The van der Waals surface area contributed by atoms with Gasteiger partial charge in [-0.3, -0.25) is 10.1 Å². The van der Waals surface area contributed by atoms with E-state index in [1.807, 2.05) is 35.7 Å². The van der Waals surface area contributed by atoms with Crippen molar-refractivity contribution in [1.82, 2.24) is 10.1 Å². The van der Waals surface area contributed by atoms with Crippen LogP contribution in [0.25, 0.3) is 0 Å². The number of nitrogens with one attached hydrogen (secondary N) is 1. The Kier molecular flexibility index (Phi) is 3.56. The molecule has 0 saturated carbocycles. The van der Waals surface area contributed by atoms with E-state index in [1.54, 1.807) is 0 Å². The van der Waals surface area contributed by atoms with Gasteiger partial charge in [-0.2, -0.15) is 0 Å². The fraction of sp³-hybridized carbons (Fsp3) is 0.0714. The third kappa shape index (κ3) is 2.92. The highest BCUT2D eigenvalue weighted by Gasteiger charge is 2.12. The van der Waals surface area contributed by atoms with E-state index in [9.17, 15) is 4.79 Å². The van der Waals surface area contributed by atoms with Gasteiger partial charge in [0.1, 0.15) is 0 Å². The van der Waals surface area contributed by atoms with Crippen LogP contribution in [0.15, 0.2) is 52.5 Å². The lowest BCUT2D eigenvalue weighted by atomic mass is 10.1. The maximum absolute atomic E-state index is 11.8. The van der Waals surface area contributed by atoms with Crippen LogP contribution in [0, 0.1) is 0 Å². The first kappa shape index (κ1) is 12.6. The van der Waals surface area contributed by atoms with Crippen molar-refractivity contribution in [1.29, 1.82) is 0 Å². The van der Waals surface area contributed by atoms with E-state index < -0.39 is 0 Å². The van der Waals surface area contributed by atoms with Gasteiger partial charge < -0.3 is 4.52 Å². The first-order chi connectivity index (χ1) is 9.81. The monoisotopic (exact) mass is 285 g/mol. The molecular weight excluding hydrogens is 274 g/mol. The maximum atomic E-state index is 11.8. The Morgan fingerprint density at radius 3 is 2.85 bits per heavy atom. The van der Waals surface area contributed by atoms with Crippen LogP contribution in [0.1, 0.15) is 21.8 Å². The molecule has 3 rings (SSSR count). The molecule has 0 bridgehead atoms. The normalized spacial score (nSPS) is 10.4. The summed E-state index contributed by atoms with van der Waals surface area (Å²) >= 11 is 1.39. The van der Waals surface area contributed by atoms with E-state index in [0.717, 1.165) is 12.1 Å². The number of rotatable bonds is 4. The lowest BCUT2D eigenvalue weighted by Gasteiger charge is -1.98. The van der Waals surface area contributed by atoms with E-state index in [1.165, 1.54) is 29.2 Å². The van der Waals surface area contributed by atoms with Crippen molar-refractivity contribution in [3.63, 3.8) is 0 Å². The van der Waals surface area contributed by atoms with Crippen molar-refractivity contribution in [3.8, 4) is 0 Å². The van der Waals surface area contributed by atoms with Crippen LogP contribution in [0.2, 0.25) is 0 Å². The average Bonchev–Trinajstić information content (AvgIpc) is 3.11. The Morgan fingerprint density at radius 2 is 2.10 bits per heavy atom. The van der Waals surface area contributed by atoms with Crippen LogP contribution in [-0.4, -0.2) is 16.0 Å². The van der Waals surface area contributed by atoms with E-state index in [-0.39, 0.29) is 11.7 Å². The summed E-state index contributed by atoms with van der Waals surface area (Å²) in [6, 6.07) is 11.6. The number of thiazole rings is 1. The second-order valence-corrected chi connectivity index (χ2v) is 5.00. The van der Waals surface area contributed by atoms with Gasteiger partial charge in [-0.1, -0.05) is 35.5 Å². The molecule has 1 amide bonds. The molecule has 0 saturated heterocycles. The Balaban J connectivity index is 1.67. The van der Waals surface area contributed by atoms with Crippen LogP contribution in [-0.2, 0) is 6.42 Å². The van der Waals surface area contributed by atoms with Gasteiger partial charge in [0, 0.05) is 17.9 Å². The molecule has 0 aliphatic heterocycles. The number of hydrogen-bond donors (Lipinski definition) is 1. The molecule has 0 aliphatic rings. The van der Waals surface area contributed by atoms with E-state index in [2.05, 4.69) is 15.5 Å². The fourth-order valence-electron chi connectivity index (χ4n) is 1.74. The number of carbonyl (C=O) groups excluding carboxylic acids is 1. The second-order valence-electron chi connectivity index (χ2n) is 4.14. The standard InChI is InChI=1S/C14H11N3O2S/c18-13(12-6-7-15-19-12)17-14-16-11(9-20-14)8-10-4-2-1-3-5-10/h1-7,9H,8H2,(H,16,17,18). The van der Waals surface area contributed by atoms with Gasteiger partial charge in [0.25, 0.3) is 5.91 Å². The van der Waals surface area contributed by atoms with Gasteiger partial charge in [0.2, 0.25) is 5.76 Å². The molecule has 20 heavy (non-hydrogen) atoms. The van der Waals surface area contributed by atoms with Crippen LogP contribution in [0.5, 0.6) is 0 Å². The van der Waals surface area contributed by atoms with Gasteiger partial charge in [-0.25, -0.2) is 4.98 Å². The maximum Gasteiger partial charge on any atom is 0.296 e. The lowest BCUT2D eigenvalue weighted by molar-refractivity contribution is 0.0988. The van der Waals surface area contributed by atoms with Crippen LogP contribution < -0.4 is 5.32 Å². The lowest BCUT2D eigenvalue weighted by Crippen LogP contribution is -2.10. The van der Waals surface area contributed by atoms with Gasteiger partial charge in [-0.15, -0.1) is 11.3 Å². The van der Waals surface area contributed by atoms with Gasteiger partial charge in [0.15, 0.2) is 5.13 Å². The first-order valence-electron chi connectivity index (χ1n) is 6.01. The molecular formula is C14H11N3O2S. The molecule has 2 aromatic heterocycles. The van der Waals surface area contributed by atoms with E-state index in [0.29, 0.717) is 5.13 Å². The summed E-state index contributed by atoms with van der Waals surface area (Å²) in [6.45, 7) is 0. The zero-order valence-electron chi connectivity index (χ0n) is 10.4. The van der Waals surface area contributed by atoms with Gasteiger partial charge in [-0.05, 0) is 5.56 Å². The highest BCUT2D eigenvalue weighted by molar-refractivity contribution is 7.13. The Labute approximate surface area is 119 Å². The number of nitrogens with zero attached hydrogens (tertiary/aromatic N) is 2. The topological polar surface area (TPSA) is 68.0 Å². The van der Waals surface area contributed by atoms with E-state index >= 15 is 0 Å². The smallest absolute Gasteiger partial charge is 0.296 e. The molecule has 0 radical (unpaired) electrons. The van der Waals surface area contributed by atoms with Crippen LogP contribution in [0.4, 0.5) is 5.13 Å². The summed E-state index contributed by atoms with van der Waals surface area (Å²) in [5, 5.41) is 8.66. The molecule has 100 valence electrons. The Hall–Kier alpha value is -2.47. The summed E-state index contributed by atoms with van der Waals surface area (Å²) in [4.78, 5) is 16.1. The second kappa shape index (κ2) is 5.66. The molecule has 5 nitrogen and oxygen atoms in total. The predicted molar refractivity (Wildman–Crippen MR) is 75.8 cm³/mol. The molecule has 2 heterocycles. The zero-order chi connectivity index (χ0) is 13.8. The zero-order valence-corrected chi connectivity index (χ0v) is 11.3. The Morgan fingerprint density at radius 1 is 1.25 bits per heavy atom. The van der Waals surface area contributed by atoms with Crippen molar-refractivity contribution in [2.45, 2.75) is 6.42 Å². The minimum Gasteiger partial charge on any atom is -0.351 e. The third-order valence-electron chi connectivity index (χ3n) is 2.66. The molecule has 1 aromatic carbocycles. The average molecular weight is 285 g/mol. The molecule has 1 N–H and O–H groups in total. The Bertz CT molecular complexity index is 692. The third-order valence-corrected chi connectivity index (χ3v) is 3.47. The summed E-state index contributed by atoms with van der Waals surface area (Å²) in [5.74, 6) is -0.173. The predicted octanol–water partition coefficient (Wildman–Crippen LogP) is 2.97. The minimum atomic E-state index is -0.344. The molecule has 0 aliphatic carbocycles. The van der Waals surface area contributed by atoms with Crippen molar-refractivity contribution in [2.75, 3.05) is 5.32 Å². The molecule has 0 spiro atoms. The number of benzene rings is 1.